The summed E-state index contributed by atoms with van der Waals surface area (Å²) in [6.07, 6.45) is 0. The molecule has 3 N–H and O–H groups in total. The minimum atomic E-state index is -4.21. The first-order chi connectivity index (χ1) is 6.45. The van der Waals surface area contributed by atoms with Crippen LogP contribution in [0, 0.1) is 0 Å². The fraction of sp³-hybridized carbons (Fsp3) is 0.250. The van der Waals surface area contributed by atoms with Crippen molar-refractivity contribution in [3.8, 4) is 0 Å². The standard InChI is InChI=1S/C8H12N2O3S/c1-2-10(14(11,12)13)8-5-3-4-7(9)6-8/h3-6H,2,9H2,1H3,(H,11,12,13). The monoisotopic (exact) mass is 216 g/mol. The number of nitrogen functional groups attached to an aromatic ring is 1. The van der Waals surface area contributed by atoms with E-state index in [0.29, 0.717) is 11.4 Å². The van der Waals surface area contributed by atoms with E-state index in [4.69, 9.17) is 10.3 Å². The first-order valence-corrected chi connectivity index (χ1v) is 5.45. The summed E-state index contributed by atoms with van der Waals surface area (Å²) in [5, 5.41) is 0. The molecule has 0 aliphatic heterocycles. The van der Waals surface area contributed by atoms with Gasteiger partial charge < -0.3 is 5.73 Å². The lowest BCUT2D eigenvalue weighted by Crippen LogP contribution is -2.29. The number of nitrogens with zero attached hydrogens (tertiary/aromatic N) is 1. The zero-order valence-electron chi connectivity index (χ0n) is 7.71. The van der Waals surface area contributed by atoms with E-state index in [0.717, 1.165) is 4.31 Å². The summed E-state index contributed by atoms with van der Waals surface area (Å²) in [5.41, 5.74) is 6.30. The maximum atomic E-state index is 10.9. The van der Waals surface area contributed by atoms with Crippen LogP contribution in [0.3, 0.4) is 0 Å². The van der Waals surface area contributed by atoms with Crippen LogP contribution < -0.4 is 10.0 Å². The second-order valence-corrected chi connectivity index (χ2v) is 4.07. The Kier molecular flexibility index (Phi) is 2.97. The van der Waals surface area contributed by atoms with Crippen LogP contribution in [0.15, 0.2) is 24.3 Å². The second kappa shape index (κ2) is 3.85. The molecule has 0 amide bonds. The largest absolute Gasteiger partial charge is 0.399 e. The highest BCUT2D eigenvalue weighted by atomic mass is 32.2. The molecule has 5 nitrogen and oxygen atoms in total. The van der Waals surface area contributed by atoms with Crippen LogP contribution in [0.5, 0.6) is 0 Å². The quantitative estimate of drug-likeness (QED) is 0.580. The van der Waals surface area contributed by atoms with Gasteiger partial charge >= 0.3 is 10.3 Å². The summed E-state index contributed by atoms with van der Waals surface area (Å²) in [6, 6.07) is 6.31. The summed E-state index contributed by atoms with van der Waals surface area (Å²) < 4.78 is 31.6. The van der Waals surface area contributed by atoms with Crippen molar-refractivity contribution in [2.45, 2.75) is 6.92 Å². The van der Waals surface area contributed by atoms with Gasteiger partial charge in [-0.1, -0.05) is 6.07 Å². The molecule has 14 heavy (non-hydrogen) atoms. The first-order valence-electron chi connectivity index (χ1n) is 4.06. The normalized spacial score (nSPS) is 11.3. The molecule has 6 heteroatoms. The van der Waals surface area contributed by atoms with Gasteiger partial charge in [0.1, 0.15) is 0 Å². The summed E-state index contributed by atoms with van der Waals surface area (Å²) >= 11 is 0. The van der Waals surface area contributed by atoms with Crippen LogP contribution in [-0.2, 0) is 10.3 Å². The van der Waals surface area contributed by atoms with Gasteiger partial charge in [0, 0.05) is 12.2 Å². The van der Waals surface area contributed by atoms with Crippen molar-refractivity contribution in [1.29, 1.82) is 0 Å². The maximum Gasteiger partial charge on any atom is 0.359 e. The Labute approximate surface area is 83.0 Å². The number of rotatable bonds is 3. The predicted molar refractivity (Wildman–Crippen MR) is 55.4 cm³/mol. The molecular formula is C8H12N2O3S. The van der Waals surface area contributed by atoms with Crippen LogP contribution in [0.25, 0.3) is 0 Å². The Hall–Kier alpha value is -1.27. The average molecular weight is 216 g/mol. The molecule has 0 saturated carbocycles. The Morgan fingerprint density at radius 2 is 2.14 bits per heavy atom. The van der Waals surface area contributed by atoms with Crippen molar-refractivity contribution in [2.24, 2.45) is 0 Å². The fourth-order valence-electron chi connectivity index (χ4n) is 1.16. The molecule has 0 fully saturated rings. The number of benzene rings is 1. The molecule has 0 aliphatic carbocycles. The second-order valence-electron chi connectivity index (χ2n) is 2.74. The zero-order chi connectivity index (χ0) is 10.8. The van der Waals surface area contributed by atoms with Crippen LogP contribution in [0.4, 0.5) is 11.4 Å². The molecule has 0 atom stereocenters. The van der Waals surface area contributed by atoms with E-state index in [1.807, 2.05) is 0 Å². The third-order valence-corrected chi connectivity index (χ3v) is 2.75. The number of anilines is 2. The van der Waals surface area contributed by atoms with Gasteiger partial charge in [-0.3, -0.25) is 4.55 Å². The molecule has 0 spiro atoms. The van der Waals surface area contributed by atoms with Crippen LogP contribution in [0.2, 0.25) is 0 Å². The maximum absolute atomic E-state index is 10.9. The molecule has 0 aromatic heterocycles. The average Bonchev–Trinajstić information content (AvgIpc) is 2.02. The minimum absolute atomic E-state index is 0.155. The van der Waals surface area contributed by atoms with Crippen molar-refractivity contribution in [3.63, 3.8) is 0 Å². The molecule has 0 radical (unpaired) electrons. The van der Waals surface area contributed by atoms with Gasteiger partial charge in [0.2, 0.25) is 0 Å². The molecule has 0 unspecified atom stereocenters. The Balaban J connectivity index is 3.14. The smallest absolute Gasteiger partial charge is 0.359 e. The summed E-state index contributed by atoms with van der Waals surface area (Å²) in [4.78, 5) is 0. The molecular weight excluding hydrogens is 204 g/mol. The number of hydrogen-bond donors (Lipinski definition) is 2. The SMILES string of the molecule is CCN(c1cccc(N)c1)S(=O)(=O)O. The highest BCUT2D eigenvalue weighted by Crippen LogP contribution is 2.19. The molecule has 0 saturated heterocycles. The van der Waals surface area contributed by atoms with Gasteiger partial charge in [0.25, 0.3) is 0 Å². The Morgan fingerprint density at radius 3 is 2.57 bits per heavy atom. The van der Waals surface area contributed by atoms with E-state index >= 15 is 0 Å². The van der Waals surface area contributed by atoms with Crippen LogP contribution >= 0.6 is 0 Å². The fourth-order valence-corrected chi connectivity index (χ4v) is 1.87. The molecule has 1 aromatic carbocycles. The lowest BCUT2D eigenvalue weighted by atomic mass is 10.3. The van der Waals surface area contributed by atoms with Gasteiger partial charge in [-0.2, -0.15) is 8.42 Å². The van der Waals surface area contributed by atoms with E-state index in [1.54, 1.807) is 25.1 Å². The number of hydrogen-bond acceptors (Lipinski definition) is 3. The van der Waals surface area contributed by atoms with Crippen LogP contribution in [0.1, 0.15) is 6.92 Å². The van der Waals surface area contributed by atoms with Gasteiger partial charge in [-0.25, -0.2) is 4.31 Å². The van der Waals surface area contributed by atoms with E-state index in [1.165, 1.54) is 6.07 Å². The van der Waals surface area contributed by atoms with Crippen molar-refractivity contribution < 1.29 is 13.0 Å². The molecule has 0 heterocycles. The molecule has 0 aliphatic rings. The van der Waals surface area contributed by atoms with E-state index in [2.05, 4.69) is 0 Å². The number of nitrogens with two attached hydrogens (primary N) is 1. The molecule has 1 rings (SSSR count). The van der Waals surface area contributed by atoms with Gasteiger partial charge in [0.05, 0.1) is 5.69 Å². The highest BCUT2D eigenvalue weighted by molar-refractivity contribution is 7.87. The third-order valence-electron chi connectivity index (χ3n) is 1.72. The summed E-state index contributed by atoms with van der Waals surface area (Å²) in [5.74, 6) is 0. The third kappa shape index (κ3) is 2.36. The van der Waals surface area contributed by atoms with Gasteiger partial charge in [-0.15, -0.1) is 0 Å². The van der Waals surface area contributed by atoms with Crippen molar-refractivity contribution in [3.05, 3.63) is 24.3 Å². The van der Waals surface area contributed by atoms with Crippen LogP contribution in [-0.4, -0.2) is 19.5 Å². The lowest BCUT2D eigenvalue weighted by molar-refractivity contribution is 0.479. The molecule has 0 bridgehead atoms. The van der Waals surface area contributed by atoms with Crippen molar-refractivity contribution >= 4 is 21.7 Å². The topological polar surface area (TPSA) is 83.6 Å². The van der Waals surface area contributed by atoms with E-state index in [-0.39, 0.29) is 6.54 Å². The highest BCUT2D eigenvalue weighted by Gasteiger charge is 2.16. The molecule has 78 valence electrons. The summed E-state index contributed by atoms with van der Waals surface area (Å²) in [6.45, 7) is 1.78. The first kappa shape index (κ1) is 10.8. The lowest BCUT2D eigenvalue weighted by Gasteiger charge is -2.18. The Morgan fingerprint density at radius 1 is 1.50 bits per heavy atom. The predicted octanol–water partition coefficient (Wildman–Crippen LogP) is 0.898. The summed E-state index contributed by atoms with van der Waals surface area (Å²) in [7, 11) is -4.21. The van der Waals surface area contributed by atoms with E-state index in [9.17, 15) is 8.42 Å². The van der Waals surface area contributed by atoms with Crippen molar-refractivity contribution in [1.82, 2.24) is 0 Å². The van der Waals surface area contributed by atoms with Gasteiger partial charge in [0.15, 0.2) is 0 Å². The van der Waals surface area contributed by atoms with Gasteiger partial charge in [-0.05, 0) is 25.1 Å². The zero-order valence-corrected chi connectivity index (χ0v) is 8.53. The van der Waals surface area contributed by atoms with E-state index < -0.39 is 10.3 Å². The van der Waals surface area contributed by atoms with Crippen molar-refractivity contribution in [2.75, 3.05) is 16.6 Å². The minimum Gasteiger partial charge on any atom is -0.399 e. The molecule has 1 aromatic rings. The Bertz CT molecular complexity index is 416.